The Kier molecular flexibility index (Phi) is 26.3. The lowest BCUT2D eigenvalue weighted by atomic mass is 10.1. The van der Waals surface area contributed by atoms with Crippen LogP contribution in [-0.2, 0) is 55.2 Å². The van der Waals surface area contributed by atoms with E-state index in [1.54, 1.807) is 117 Å². The average molecular weight is 1810 g/mol. The predicted octanol–water partition coefficient (Wildman–Crippen LogP) is 15.7. The monoisotopic (exact) mass is 1810 g/mol. The smallest absolute Gasteiger partial charge is 0.339 e. The number of halogens is 7. The Morgan fingerprint density at radius 2 is 0.891 bits per heavy atom. The van der Waals surface area contributed by atoms with Crippen molar-refractivity contribution in [3.8, 4) is 57.6 Å². The van der Waals surface area contributed by atoms with E-state index < -0.39 is 75.3 Å². The van der Waals surface area contributed by atoms with Crippen LogP contribution in [0.2, 0.25) is 0 Å². The quantitative estimate of drug-likeness (QED) is 0.0269. The lowest BCUT2D eigenvalue weighted by molar-refractivity contribution is 0.346. The summed E-state index contributed by atoms with van der Waals surface area (Å²) in [6.45, 7) is 0.738. The van der Waals surface area contributed by atoms with E-state index >= 15 is 0 Å². The maximum absolute atomic E-state index is 13.9. The molecule has 610 valence electrons. The summed E-state index contributed by atoms with van der Waals surface area (Å²) in [4.78, 5) is 37.9. The van der Waals surface area contributed by atoms with Crippen LogP contribution in [0, 0.1) is 40.4 Å². The molecule has 0 unspecified atom stereocenters. The van der Waals surface area contributed by atoms with Gasteiger partial charge in [-0.1, -0.05) is 77.7 Å². The van der Waals surface area contributed by atoms with Gasteiger partial charge in [0.1, 0.15) is 58.2 Å². The van der Waals surface area contributed by atoms with Gasteiger partial charge in [-0.2, -0.15) is 22.5 Å². The second-order valence-corrected chi connectivity index (χ2v) is 32.4. The summed E-state index contributed by atoms with van der Waals surface area (Å²) in [6, 6.07) is 57.9. The van der Waals surface area contributed by atoms with Crippen molar-refractivity contribution in [2.75, 3.05) is 45.2 Å². The molecule has 6 heterocycles. The molecule has 6 aromatic heterocycles. The summed E-state index contributed by atoms with van der Waals surface area (Å²) < 4.78 is 198. The summed E-state index contributed by atoms with van der Waals surface area (Å²) in [6.07, 6.45) is 4.35. The zero-order valence-corrected chi connectivity index (χ0v) is 68.2. The highest BCUT2D eigenvalue weighted by atomic mass is 79.9. The van der Waals surface area contributed by atoms with Crippen molar-refractivity contribution in [2.24, 2.45) is 0 Å². The van der Waals surface area contributed by atoms with E-state index in [-0.39, 0.29) is 56.3 Å². The minimum Gasteiger partial charge on any atom is -0.497 e. The molecule has 119 heavy (non-hydrogen) atoms. The number of rotatable bonds is 23. The third kappa shape index (κ3) is 19.0. The van der Waals surface area contributed by atoms with Crippen LogP contribution in [0.25, 0.3) is 49.8 Å². The van der Waals surface area contributed by atoms with Gasteiger partial charge < -0.3 is 46.8 Å². The number of sulfone groups is 1. The number of nitriles is 1. The molecule has 0 aliphatic rings. The number of ether oxygens (including phenoxy) is 5. The van der Waals surface area contributed by atoms with E-state index in [1.807, 2.05) is 30.3 Å². The van der Waals surface area contributed by atoms with E-state index in [4.69, 9.17) is 42.5 Å². The first-order valence-corrected chi connectivity index (χ1v) is 40.8. The number of aromatic nitrogens is 6. The number of sulfonamides is 1. The van der Waals surface area contributed by atoms with Crippen LogP contribution in [0.15, 0.2) is 283 Å². The number of fused-ring (bicyclic) bond motifs is 3. The first-order chi connectivity index (χ1) is 57.1. The molecular formula is C82H62Br2F5N9O18S3. The largest absolute Gasteiger partial charge is 0.497 e. The van der Waals surface area contributed by atoms with Crippen LogP contribution in [-0.4, -0.2) is 90.0 Å². The fourth-order valence-corrected chi connectivity index (χ4v) is 16.4. The first-order valence-electron chi connectivity index (χ1n) is 34.7. The van der Waals surface area contributed by atoms with Crippen molar-refractivity contribution in [3.05, 3.63) is 323 Å². The maximum atomic E-state index is 13.9. The Hall–Kier alpha value is -13.4. The molecule has 0 aliphatic heterocycles. The average Bonchev–Trinajstić information content (AvgIpc) is 1.22. The normalized spacial score (nSPS) is 11.3. The van der Waals surface area contributed by atoms with Crippen molar-refractivity contribution in [1.29, 1.82) is 5.26 Å². The van der Waals surface area contributed by atoms with E-state index in [0.717, 1.165) is 51.9 Å². The summed E-state index contributed by atoms with van der Waals surface area (Å²) >= 11 is 6.74. The molecule has 0 saturated carbocycles. The number of nitrogens with zero attached hydrogens (tertiary/aromatic N) is 8. The molecule has 27 nitrogen and oxygen atoms in total. The Labute approximate surface area is 690 Å². The molecule has 37 heteroatoms. The summed E-state index contributed by atoms with van der Waals surface area (Å²) in [7, 11) is -5.17. The molecule has 0 aliphatic carbocycles. The van der Waals surface area contributed by atoms with Gasteiger partial charge >= 0.3 is 10.1 Å². The van der Waals surface area contributed by atoms with E-state index in [2.05, 4.69) is 62.9 Å². The number of pyridine rings is 3. The summed E-state index contributed by atoms with van der Waals surface area (Å²) in [5.74, 6) is -10.6. The van der Waals surface area contributed by atoms with Crippen molar-refractivity contribution >= 4 is 106 Å². The van der Waals surface area contributed by atoms with Crippen molar-refractivity contribution < 1.29 is 88.6 Å². The van der Waals surface area contributed by atoms with Crippen LogP contribution in [0.5, 0.6) is 34.5 Å². The minimum absolute atomic E-state index is 0.0195. The molecule has 0 bridgehead atoms. The van der Waals surface area contributed by atoms with Crippen LogP contribution >= 0.6 is 31.9 Å². The predicted molar refractivity (Wildman–Crippen MR) is 434 cm³/mol. The first kappa shape index (κ1) is 85.0. The van der Waals surface area contributed by atoms with Crippen molar-refractivity contribution in [2.45, 2.75) is 39.9 Å². The van der Waals surface area contributed by atoms with E-state index in [1.165, 1.54) is 124 Å². The van der Waals surface area contributed by atoms with Crippen LogP contribution < -0.4 is 54.2 Å². The molecule has 0 saturated heterocycles. The number of methoxy groups -OCH3 is 5. The van der Waals surface area contributed by atoms with Gasteiger partial charge in [-0.15, -0.1) is 0 Å². The second-order valence-electron chi connectivity index (χ2n) is 25.1. The van der Waals surface area contributed by atoms with Crippen molar-refractivity contribution in [1.82, 2.24) is 29.2 Å². The van der Waals surface area contributed by atoms with Crippen molar-refractivity contribution in [3.63, 3.8) is 0 Å². The molecule has 15 aromatic rings. The van der Waals surface area contributed by atoms with Gasteiger partial charge in [0.15, 0.2) is 21.5 Å². The second kappa shape index (κ2) is 36.8. The van der Waals surface area contributed by atoms with Gasteiger partial charge in [0.25, 0.3) is 26.7 Å². The number of benzene rings is 9. The molecule has 15 rings (SSSR count). The fourth-order valence-electron chi connectivity index (χ4n) is 12.0. The molecule has 9 aromatic carbocycles. The van der Waals surface area contributed by atoms with E-state index in [0.29, 0.717) is 72.0 Å². The molecule has 0 fully saturated rings. The minimum atomic E-state index is -5.06. The Morgan fingerprint density at radius 3 is 1.36 bits per heavy atom. The number of hydrogen-bond donors (Lipinski definition) is 1. The van der Waals surface area contributed by atoms with Gasteiger partial charge in [0.2, 0.25) is 34.8 Å². The Morgan fingerprint density at radius 1 is 0.454 bits per heavy atom. The molecule has 0 atom stereocenters. The zero-order valence-electron chi connectivity index (χ0n) is 62.6. The van der Waals surface area contributed by atoms with Gasteiger partial charge in [-0.25, -0.2) is 34.3 Å². The topological polar surface area (TPSA) is 341 Å². The van der Waals surface area contributed by atoms with Gasteiger partial charge in [-0.3, -0.25) is 28.1 Å². The number of anilines is 2. The Balaban J connectivity index is 0.000000151. The highest BCUT2D eigenvalue weighted by molar-refractivity contribution is 9.10. The van der Waals surface area contributed by atoms with Crippen LogP contribution in [0.1, 0.15) is 22.4 Å². The van der Waals surface area contributed by atoms with Gasteiger partial charge in [0.05, 0.1) is 104 Å². The van der Waals surface area contributed by atoms with Gasteiger partial charge in [-0.05, 0) is 162 Å². The molecule has 0 radical (unpaired) electrons. The lowest BCUT2D eigenvalue weighted by Gasteiger charge is -2.22. The molecule has 1 N–H and O–H groups in total. The SMILES string of the molecule is COc1ccc(Br)cc1-n1c(=O)ccc2cc(S(=O)(=O)Oc3c(F)c(F)c(F)c(F)c3F)ccc21.COc1ccc(CC#N)cc1-n1c(=O)ccc2cc(S(=O)(=O)Cc3ccon3)ccc21.COc1ccc(CN(c2ccon2)S(=O)(=O)c2ccc3c(ccc(=O)n3-c3cc(Br)ccc3OC)c2)cc1.COc1ccc(CNc2ccon2)cc1. The third-order valence-electron chi connectivity index (χ3n) is 17.8. The van der Waals surface area contributed by atoms with Crippen LogP contribution in [0.4, 0.5) is 33.6 Å². The van der Waals surface area contributed by atoms with E-state index in [9.17, 15) is 61.6 Å². The summed E-state index contributed by atoms with van der Waals surface area (Å²) in [5.41, 5.74) is 4.45. The van der Waals surface area contributed by atoms with Gasteiger partial charge in [0, 0.05) is 68.0 Å². The zero-order chi connectivity index (χ0) is 85.0. The maximum Gasteiger partial charge on any atom is 0.339 e. The highest BCUT2D eigenvalue weighted by Gasteiger charge is 2.33. The number of hydrogen-bond acceptors (Lipinski definition) is 23. The Bertz CT molecular complexity index is 6840. The summed E-state index contributed by atoms with van der Waals surface area (Å²) in [5, 5.41) is 24.7. The molecular weight excluding hydrogens is 1750 g/mol. The third-order valence-corrected chi connectivity index (χ3v) is 23.4. The lowest BCUT2D eigenvalue weighted by Crippen LogP contribution is -2.31. The standard InChI is InChI=1S/C27H22BrN3O6S.C22H11BrF5NO5S.C22H17N3O5S.C11H12N2O2/c1-35-21-7-3-18(4-8-21)17-30(26-13-14-37-29-26)38(33,34)22-9-10-23-19(15-22)5-12-27(32)31(23)24-16-20(28)6-11-25(24)36-2;1-33-15-6-3-11(23)9-14(15)29-13-5-4-12(8-10(13)2-7-16(29)30)35(31,32)34-22-20(27)18(25)17(24)19(26)21(22)28;1-29-21-6-2-15(8-10-23)12-20(21)25-19-5-4-18(13-16(19)3-7-22(25)26)31(27,28)14-17-9-11-30-24-17;1-14-10-4-2-9(3-5-10)8-12-11-6-7-15-13-11/h3-16H,17H2,1-2H3;2-9H,1H3;2-7,9,11-13H,8,14H2,1H3;2-7H,8H2,1H3,(H,12,13). The van der Waals surface area contributed by atoms with Crippen LogP contribution in [0.3, 0.4) is 0 Å². The highest BCUT2D eigenvalue weighted by Crippen LogP contribution is 2.37. The molecule has 0 amide bonds. The molecule has 0 spiro atoms. The number of nitrogens with one attached hydrogen (secondary N) is 1. The fraction of sp³-hybridized carbons (Fsp3) is 0.110.